The zero-order chi connectivity index (χ0) is 21.5. The van der Waals surface area contributed by atoms with Crippen LogP contribution in [0.15, 0.2) is 33.5 Å². The number of anilines is 1. The Morgan fingerprint density at radius 1 is 1.35 bits per heavy atom. The van der Waals surface area contributed by atoms with Crippen LogP contribution in [-0.2, 0) is 0 Å². The van der Waals surface area contributed by atoms with Gasteiger partial charge in [-0.15, -0.1) is 11.3 Å². The van der Waals surface area contributed by atoms with Gasteiger partial charge in [0.05, 0.1) is 18.3 Å². The van der Waals surface area contributed by atoms with Crippen LogP contribution in [0.5, 0.6) is 5.88 Å². The quantitative estimate of drug-likeness (QED) is 0.358. The molecular weight excluding hydrogens is 416 g/mol. The molecule has 31 heavy (non-hydrogen) atoms. The fraction of sp³-hybridized carbons (Fsp3) is 0.350. The zero-order valence-electron chi connectivity index (χ0n) is 17.0. The lowest BCUT2D eigenvalue weighted by molar-refractivity contribution is 0.454. The summed E-state index contributed by atoms with van der Waals surface area (Å²) in [4.78, 5) is 31.6. The van der Waals surface area contributed by atoms with Gasteiger partial charge in [-0.1, -0.05) is 19.9 Å². The van der Waals surface area contributed by atoms with E-state index in [4.69, 9.17) is 9.98 Å². The molecule has 4 aromatic heterocycles. The second-order valence-electron chi connectivity index (χ2n) is 7.91. The summed E-state index contributed by atoms with van der Waals surface area (Å²) in [5, 5.41) is 20.5. The number of thiophene rings is 1. The maximum Gasteiger partial charge on any atom is 0.326 e. The molecule has 1 atom stereocenters. The molecule has 4 heterocycles. The molecule has 1 aliphatic rings. The van der Waals surface area contributed by atoms with Crippen LogP contribution in [0.2, 0.25) is 0 Å². The minimum absolute atomic E-state index is 0.0525. The summed E-state index contributed by atoms with van der Waals surface area (Å²) < 4.78 is 1.59. The Morgan fingerprint density at radius 3 is 2.84 bits per heavy atom. The predicted molar refractivity (Wildman–Crippen MR) is 117 cm³/mol. The first-order valence-corrected chi connectivity index (χ1v) is 11.0. The number of nitrogens with one attached hydrogen (secondary N) is 3. The number of aromatic amines is 2. The number of rotatable bonds is 6. The average molecular weight is 439 g/mol. The molecule has 4 aromatic rings. The van der Waals surface area contributed by atoms with Crippen molar-refractivity contribution in [3.8, 4) is 5.88 Å². The summed E-state index contributed by atoms with van der Waals surface area (Å²) in [7, 11) is 0. The second-order valence-corrected chi connectivity index (χ2v) is 8.89. The molecule has 0 aromatic carbocycles. The van der Waals surface area contributed by atoms with E-state index >= 15 is 0 Å². The molecule has 0 saturated heterocycles. The Bertz CT molecular complexity index is 1400. The molecule has 0 spiro atoms. The Morgan fingerprint density at radius 2 is 2.19 bits per heavy atom. The SMILES string of the molecule is CC(C)C(Nc1nc(=NC2CC2)n2ncc(=Cc3[nH]c(=O)[nH]c3O)c2n1)c1cccs1. The topological polar surface area (TPSA) is 136 Å². The fourth-order valence-electron chi connectivity index (χ4n) is 3.32. The molecular formula is C20H22N8O2S. The first-order chi connectivity index (χ1) is 15.0. The lowest BCUT2D eigenvalue weighted by Crippen LogP contribution is -2.26. The van der Waals surface area contributed by atoms with Crippen molar-refractivity contribution in [1.82, 2.24) is 29.5 Å². The van der Waals surface area contributed by atoms with Gasteiger partial charge in [0.15, 0.2) is 5.65 Å². The van der Waals surface area contributed by atoms with E-state index in [-0.39, 0.29) is 23.7 Å². The standard InChI is InChI=1S/C20H22N8O2S/c1-10(2)15(14-4-3-7-31-14)24-18-25-16-11(8-13-17(29)26-20(30)23-13)9-21-28(16)19(27-18)22-12-5-6-12/h3-4,7-10,12,15,29H,5-6H2,1-2H3,(H,22,24,27)(H2,23,26,30). The predicted octanol–water partition coefficient (Wildman–Crippen LogP) is 1.33. The van der Waals surface area contributed by atoms with Crippen molar-refractivity contribution in [3.63, 3.8) is 0 Å². The zero-order valence-corrected chi connectivity index (χ0v) is 17.8. The van der Waals surface area contributed by atoms with E-state index in [0.29, 0.717) is 28.4 Å². The highest BCUT2D eigenvalue weighted by Gasteiger charge is 2.22. The number of H-pyrrole nitrogens is 2. The number of fused-ring (bicyclic) bond motifs is 1. The number of aromatic nitrogens is 6. The number of hydrogen-bond donors (Lipinski definition) is 4. The van der Waals surface area contributed by atoms with Crippen LogP contribution in [0.1, 0.15) is 43.3 Å². The first kappa shape index (κ1) is 19.5. The highest BCUT2D eigenvalue weighted by molar-refractivity contribution is 7.10. The van der Waals surface area contributed by atoms with E-state index in [9.17, 15) is 9.90 Å². The summed E-state index contributed by atoms with van der Waals surface area (Å²) in [6, 6.07) is 4.44. The molecule has 5 rings (SSSR count). The van der Waals surface area contributed by atoms with Crippen molar-refractivity contribution in [2.24, 2.45) is 10.9 Å². The van der Waals surface area contributed by atoms with Crippen molar-refractivity contribution < 1.29 is 5.11 Å². The first-order valence-electron chi connectivity index (χ1n) is 10.1. The van der Waals surface area contributed by atoms with Gasteiger partial charge in [0.2, 0.25) is 11.8 Å². The van der Waals surface area contributed by atoms with Crippen LogP contribution < -0.4 is 21.8 Å². The number of aromatic hydroxyl groups is 1. The third kappa shape index (κ3) is 3.96. The molecule has 1 unspecified atom stereocenters. The number of hydrogen-bond acceptors (Lipinski definition) is 8. The Balaban J connectivity index is 1.65. The molecule has 0 radical (unpaired) electrons. The molecule has 0 bridgehead atoms. The van der Waals surface area contributed by atoms with Crippen LogP contribution in [0, 0.1) is 5.92 Å². The minimum atomic E-state index is -0.489. The fourth-order valence-corrected chi connectivity index (χ4v) is 4.27. The molecule has 160 valence electrons. The van der Waals surface area contributed by atoms with Crippen LogP contribution >= 0.6 is 11.3 Å². The summed E-state index contributed by atoms with van der Waals surface area (Å²) in [5.74, 6) is 0.540. The largest absolute Gasteiger partial charge is 0.493 e. The Hall–Kier alpha value is -3.47. The molecule has 11 heteroatoms. The Kier molecular flexibility index (Phi) is 4.81. The van der Waals surface area contributed by atoms with Crippen LogP contribution in [0.4, 0.5) is 5.95 Å². The van der Waals surface area contributed by atoms with Gasteiger partial charge < -0.3 is 15.4 Å². The summed E-state index contributed by atoms with van der Waals surface area (Å²) in [6.07, 6.45) is 5.31. The van der Waals surface area contributed by atoms with Crippen LogP contribution in [0.3, 0.4) is 0 Å². The minimum Gasteiger partial charge on any atom is -0.493 e. The van der Waals surface area contributed by atoms with Crippen molar-refractivity contribution in [2.75, 3.05) is 5.32 Å². The lowest BCUT2D eigenvalue weighted by Gasteiger charge is -2.21. The molecule has 0 aliphatic heterocycles. The van der Waals surface area contributed by atoms with E-state index in [1.807, 2.05) is 6.07 Å². The number of imidazole rings is 1. The molecule has 0 amide bonds. The van der Waals surface area contributed by atoms with E-state index in [2.05, 4.69) is 50.7 Å². The van der Waals surface area contributed by atoms with E-state index in [1.165, 1.54) is 4.88 Å². The van der Waals surface area contributed by atoms with Gasteiger partial charge in [0.25, 0.3) is 5.62 Å². The highest BCUT2D eigenvalue weighted by atomic mass is 32.1. The summed E-state index contributed by atoms with van der Waals surface area (Å²) >= 11 is 1.69. The third-order valence-electron chi connectivity index (χ3n) is 5.06. The maximum atomic E-state index is 11.5. The van der Waals surface area contributed by atoms with E-state index in [0.717, 1.165) is 12.8 Å². The van der Waals surface area contributed by atoms with Crippen molar-refractivity contribution in [1.29, 1.82) is 0 Å². The summed E-state index contributed by atoms with van der Waals surface area (Å²) in [5.41, 5.74) is 0.784. The normalized spacial score (nSPS) is 16.5. The summed E-state index contributed by atoms with van der Waals surface area (Å²) in [6.45, 7) is 4.29. The monoisotopic (exact) mass is 438 g/mol. The molecule has 1 saturated carbocycles. The highest BCUT2D eigenvalue weighted by Crippen LogP contribution is 2.28. The smallest absolute Gasteiger partial charge is 0.326 e. The van der Waals surface area contributed by atoms with E-state index < -0.39 is 5.69 Å². The van der Waals surface area contributed by atoms with Gasteiger partial charge >= 0.3 is 5.69 Å². The Labute approximate surface area is 180 Å². The van der Waals surface area contributed by atoms with Crippen LogP contribution in [-0.4, -0.2) is 40.7 Å². The van der Waals surface area contributed by atoms with Gasteiger partial charge in [0, 0.05) is 10.1 Å². The van der Waals surface area contributed by atoms with Crippen molar-refractivity contribution in [2.45, 2.75) is 38.8 Å². The van der Waals surface area contributed by atoms with Gasteiger partial charge in [0.1, 0.15) is 5.69 Å². The van der Waals surface area contributed by atoms with E-state index in [1.54, 1.807) is 28.1 Å². The van der Waals surface area contributed by atoms with Crippen molar-refractivity contribution >= 4 is 29.0 Å². The van der Waals surface area contributed by atoms with Gasteiger partial charge in [-0.25, -0.2) is 9.79 Å². The average Bonchev–Trinajstić information content (AvgIpc) is 3.10. The molecule has 1 fully saturated rings. The van der Waals surface area contributed by atoms with Gasteiger partial charge in [-0.05, 0) is 36.3 Å². The molecule has 10 nitrogen and oxygen atoms in total. The molecule has 4 N–H and O–H groups in total. The molecule has 1 aliphatic carbocycles. The second kappa shape index (κ2) is 7.65. The number of nitrogens with zero attached hydrogens (tertiary/aromatic N) is 5. The van der Waals surface area contributed by atoms with Gasteiger partial charge in [-0.2, -0.15) is 19.6 Å². The maximum absolute atomic E-state index is 11.5. The van der Waals surface area contributed by atoms with Crippen LogP contribution in [0.25, 0.3) is 11.7 Å². The van der Waals surface area contributed by atoms with Crippen molar-refractivity contribution in [3.05, 3.63) is 55.6 Å². The third-order valence-corrected chi connectivity index (χ3v) is 6.01. The lowest BCUT2D eigenvalue weighted by atomic mass is 10.0. The van der Waals surface area contributed by atoms with Gasteiger partial charge in [-0.3, -0.25) is 4.98 Å².